The maximum Gasteiger partial charge on any atom is 0.223 e. The number of hydrogen-bond donors (Lipinski definition) is 1. The van der Waals surface area contributed by atoms with E-state index < -0.39 is 0 Å². The summed E-state index contributed by atoms with van der Waals surface area (Å²) in [5.41, 5.74) is 5.18. The van der Waals surface area contributed by atoms with Gasteiger partial charge in [-0.25, -0.2) is 9.97 Å². The van der Waals surface area contributed by atoms with Crippen LogP contribution in [-0.2, 0) is 17.9 Å². The van der Waals surface area contributed by atoms with Crippen LogP contribution in [0.15, 0.2) is 29.1 Å². The molecule has 122 valence electrons. The summed E-state index contributed by atoms with van der Waals surface area (Å²) in [6.45, 7) is 2.06. The highest BCUT2D eigenvalue weighted by Crippen LogP contribution is 2.36. The third kappa shape index (κ3) is 2.50. The monoisotopic (exact) mass is 339 g/mol. The number of anilines is 1. The van der Waals surface area contributed by atoms with Gasteiger partial charge in [0.15, 0.2) is 0 Å². The van der Waals surface area contributed by atoms with Crippen LogP contribution in [0.25, 0.3) is 22.5 Å². The fraction of sp³-hybridized carbons (Fsp3) is 0.353. The van der Waals surface area contributed by atoms with E-state index in [4.69, 9.17) is 14.8 Å². The van der Waals surface area contributed by atoms with E-state index in [1.807, 2.05) is 12.3 Å². The molecule has 7 heteroatoms. The highest BCUT2D eigenvalue weighted by atomic mass is 32.1. The molecule has 3 aromatic rings. The number of nitrogens with zero attached hydrogens (tertiary/aromatic N) is 4. The molecule has 0 radical (unpaired) electrons. The molecule has 1 saturated carbocycles. The van der Waals surface area contributed by atoms with Gasteiger partial charge in [0, 0.05) is 23.2 Å². The molecule has 2 aliphatic rings. The van der Waals surface area contributed by atoms with Crippen LogP contribution >= 0.6 is 11.3 Å². The molecule has 6 nitrogen and oxygen atoms in total. The van der Waals surface area contributed by atoms with E-state index in [-0.39, 0.29) is 0 Å². The molecule has 4 heterocycles. The first-order valence-electron chi connectivity index (χ1n) is 8.18. The molecule has 0 aromatic carbocycles. The molecule has 0 unspecified atom stereocenters. The lowest BCUT2D eigenvalue weighted by Gasteiger charge is -2.15. The zero-order chi connectivity index (χ0) is 15.9. The lowest BCUT2D eigenvalue weighted by Crippen LogP contribution is -2.17. The van der Waals surface area contributed by atoms with E-state index in [2.05, 4.69) is 31.8 Å². The minimum absolute atomic E-state index is 0.529. The van der Waals surface area contributed by atoms with E-state index >= 15 is 0 Å². The summed E-state index contributed by atoms with van der Waals surface area (Å²) in [4.78, 5) is 9.10. The van der Waals surface area contributed by atoms with Crippen LogP contribution in [0.3, 0.4) is 0 Å². The van der Waals surface area contributed by atoms with Crippen molar-refractivity contribution in [2.24, 2.45) is 0 Å². The molecular weight excluding hydrogens is 322 g/mol. The largest absolute Gasteiger partial charge is 0.373 e. The van der Waals surface area contributed by atoms with Crippen LogP contribution in [0.2, 0.25) is 0 Å². The first kappa shape index (κ1) is 14.1. The van der Waals surface area contributed by atoms with E-state index in [9.17, 15) is 0 Å². The first-order valence-corrected chi connectivity index (χ1v) is 9.13. The van der Waals surface area contributed by atoms with Crippen LogP contribution in [0.5, 0.6) is 0 Å². The van der Waals surface area contributed by atoms with Gasteiger partial charge < -0.3 is 10.1 Å². The van der Waals surface area contributed by atoms with Crippen LogP contribution in [-0.4, -0.2) is 32.4 Å². The number of rotatable bonds is 4. The molecule has 1 aliphatic heterocycles. The number of nitrogens with one attached hydrogen (secondary N) is 1. The van der Waals surface area contributed by atoms with Crippen molar-refractivity contribution in [3.63, 3.8) is 0 Å². The van der Waals surface area contributed by atoms with Gasteiger partial charge in [0.25, 0.3) is 0 Å². The van der Waals surface area contributed by atoms with E-state index in [1.54, 1.807) is 11.3 Å². The van der Waals surface area contributed by atoms with Crippen molar-refractivity contribution in [1.82, 2.24) is 19.7 Å². The van der Waals surface area contributed by atoms with Crippen molar-refractivity contribution >= 4 is 17.3 Å². The fourth-order valence-corrected chi connectivity index (χ4v) is 3.64. The highest BCUT2D eigenvalue weighted by molar-refractivity contribution is 7.08. The average molecular weight is 339 g/mol. The molecule has 3 aromatic heterocycles. The summed E-state index contributed by atoms with van der Waals surface area (Å²) in [5, 5.41) is 12.4. The quantitative estimate of drug-likeness (QED) is 0.791. The summed E-state index contributed by atoms with van der Waals surface area (Å²) in [5.74, 6) is 0.697. The van der Waals surface area contributed by atoms with Crippen LogP contribution < -0.4 is 5.32 Å². The predicted octanol–water partition coefficient (Wildman–Crippen LogP) is 3.17. The number of hydrogen-bond acceptors (Lipinski definition) is 6. The third-order valence-corrected chi connectivity index (χ3v) is 5.04. The van der Waals surface area contributed by atoms with Crippen LogP contribution in [0.4, 0.5) is 5.95 Å². The Morgan fingerprint density at radius 1 is 1.29 bits per heavy atom. The molecule has 1 aliphatic carbocycles. The van der Waals surface area contributed by atoms with Gasteiger partial charge in [-0.3, -0.25) is 4.68 Å². The Morgan fingerprint density at radius 2 is 2.25 bits per heavy atom. The second kappa shape index (κ2) is 5.68. The predicted molar refractivity (Wildman–Crippen MR) is 92.9 cm³/mol. The molecule has 24 heavy (non-hydrogen) atoms. The molecule has 0 amide bonds. The molecule has 1 N–H and O–H groups in total. The van der Waals surface area contributed by atoms with Crippen LogP contribution in [0.1, 0.15) is 18.5 Å². The Balaban J connectivity index is 1.64. The Morgan fingerprint density at radius 3 is 3.08 bits per heavy atom. The SMILES string of the molecule is c1cc(-c2c(-c3ccsc3)nn3c2COCC3)nc(NC2CC2)n1. The summed E-state index contributed by atoms with van der Waals surface area (Å²) in [6.07, 6.45) is 4.22. The second-order valence-electron chi connectivity index (χ2n) is 6.14. The molecular formula is C17H17N5OS. The minimum atomic E-state index is 0.529. The number of thiophene rings is 1. The molecule has 5 rings (SSSR count). The van der Waals surface area contributed by atoms with Gasteiger partial charge in [0.05, 0.1) is 36.7 Å². The Labute approximate surface area is 143 Å². The molecule has 1 fully saturated rings. The van der Waals surface area contributed by atoms with E-state index in [0.29, 0.717) is 25.2 Å². The van der Waals surface area contributed by atoms with Gasteiger partial charge in [-0.2, -0.15) is 16.4 Å². The average Bonchev–Trinajstić information content (AvgIpc) is 3.13. The third-order valence-electron chi connectivity index (χ3n) is 4.36. The standard InChI is InChI=1S/C17H17N5OS/c1-2-12(1)19-17-18-5-3-13(20-17)15-14-9-23-7-6-22(14)21-16(15)11-4-8-24-10-11/h3-5,8,10,12H,1-2,6-7,9H2,(H,18,19,20). The Kier molecular flexibility index (Phi) is 3.34. The normalized spacial score (nSPS) is 16.8. The first-order chi connectivity index (χ1) is 11.9. The summed E-state index contributed by atoms with van der Waals surface area (Å²) in [6, 6.07) is 4.59. The Hall–Kier alpha value is -2.25. The van der Waals surface area contributed by atoms with Gasteiger partial charge in [-0.05, 0) is 30.4 Å². The smallest absolute Gasteiger partial charge is 0.223 e. The molecule has 0 bridgehead atoms. The van der Waals surface area contributed by atoms with Gasteiger partial charge in [0.2, 0.25) is 5.95 Å². The van der Waals surface area contributed by atoms with Crippen molar-refractivity contribution in [2.75, 3.05) is 11.9 Å². The van der Waals surface area contributed by atoms with Crippen LogP contribution in [0, 0.1) is 0 Å². The van der Waals surface area contributed by atoms with Gasteiger partial charge in [-0.1, -0.05) is 0 Å². The van der Waals surface area contributed by atoms with Crippen molar-refractivity contribution in [3.8, 4) is 22.5 Å². The maximum atomic E-state index is 5.68. The summed E-state index contributed by atoms with van der Waals surface area (Å²) < 4.78 is 7.73. The van der Waals surface area contributed by atoms with Gasteiger partial charge >= 0.3 is 0 Å². The molecule has 0 spiro atoms. The number of ether oxygens (including phenoxy) is 1. The fourth-order valence-electron chi connectivity index (χ4n) is 3.00. The topological polar surface area (TPSA) is 64.9 Å². The minimum Gasteiger partial charge on any atom is -0.373 e. The van der Waals surface area contributed by atoms with Gasteiger partial charge in [0.1, 0.15) is 5.69 Å². The van der Waals surface area contributed by atoms with Crippen molar-refractivity contribution in [2.45, 2.75) is 32.0 Å². The molecule has 0 atom stereocenters. The van der Waals surface area contributed by atoms with E-state index in [1.165, 1.54) is 12.8 Å². The number of aromatic nitrogens is 4. The lowest BCUT2D eigenvalue weighted by molar-refractivity contribution is 0.0804. The highest BCUT2D eigenvalue weighted by Gasteiger charge is 2.25. The number of fused-ring (bicyclic) bond motifs is 1. The van der Waals surface area contributed by atoms with E-state index in [0.717, 1.165) is 34.8 Å². The summed E-state index contributed by atoms with van der Waals surface area (Å²) >= 11 is 1.68. The van der Waals surface area contributed by atoms with Crippen molar-refractivity contribution < 1.29 is 4.74 Å². The van der Waals surface area contributed by atoms with Crippen molar-refractivity contribution in [3.05, 3.63) is 34.8 Å². The zero-order valence-electron chi connectivity index (χ0n) is 13.1. The van der Waals surface area contributed by atoms with Gasteiger partial charge in [-0.15, -0.1) is 0 Å². The summed E-state index contributed by atoms with van der Waals surface area (Å²) in [7, 11) is 0. The molecule has 0 saturated heterocycles. The second-order valence-corrected chi connectivity index (χ2v) is 6.92. The lowest BCUT2D eigenvalue weighted by atomic mass is 10.1. The maximum absolute atomic E-state index is 5.68. The zero-order valence-corrected chi connectivity index (χ0v) is 13.9. The Bertz CT molecular complexity index is 869. The van der Waals surface area contributed by atoms with Crippen molar-refractivity contribution in [1.29, 1.82) is 0 Å².